The molecule has 0 saturated carbocycles. The molecule has 0 aliphatic rings. The van der Waals surface area contributed by atoms with Crippen molar-refractivity contribution < 1.29 is 51.8 Å². The number of hydrogen-bond donors (Lipinski definition) is 0. The van der Waals surface area contributed by atoms with E-state index in [0.29, 0.717) is 25.9 Å². The number of halogens is 1. The first kappa shape index (κ1) is 24.7. The summed E-state index contributed by atoms with van der Waals surface area (Å²) in [7, 11) is 0. The predicted octanol–water partition coefficient (Wildman–Crippen LogP) is 1.56. The number of carbonyl (C=O) groups is 2. The molecule has 2 aromatic carbocycles. The van der Waals surface area contributed by atoms with Crippen LogP contribution < -0.4 is 4.70 Å². The fraction of sp³-hybridized carbons (Fsp3) is 0.364. The standard InChI is InChI=1S/2C11H15NO.FH.Nd/c2*1-2-6-11(13)12-9-10-7-4-3-5-8-10;;/h2*3-5,7-8H,2,6,9H2,1H3,(H,12,13);1H;/q;;;+3/p-3. The summed E-state index contributed by atoms with van der Waals surface area (Å²) in [6.45, 7) is 5.26. The van der Waals surface area contributed by atoms with Crippen molar-refractivity contribution in [3.63, 3.8) is 0 Å². The van der Waals surface area contributed by atoms with Crippen molar-refractivity contribution in [3.8, 4) is 0 Å². The zero-order valence-electron chi connectivity index (χ0n) is 16.6. The van der Waals surface area contributed by atoms with Gasteiger partial charge in [-0.25, -0.2) is 0 Å². The van der Waals surface area contributed by atoms with Gasteiger partial charge in [-0.15, -0.1) is 0 Å². The third-order valence-electron chi connectivity index (χ3n) is 4.14. The largest absolute Gasteiger partial charge is 1.00 e. The van der Waals surface area contributed by atoms with Crippen LogP contribution in [0.25, 0.3) is 0 Å². The Labute approximate surface area is 188 Å². The van der Waals surface area contributed by atoms with Gasteiger partial charge in [0.2, 0.25) is 0 Å². The summed E-state index contributed by atoms with van der Waals surface area (Å²) >= 11 is -1.83. The zero-order chi connectivity index (χ0) is 19.5. The zero-order valence-corrected chi connectivity index (χ0v) is 19.8. The fourth-order valence-corrected chi connectivity index (χ4v) is 6.73. The first-order valence-corrected chi connectivity index (χ1v) is 12.5. The Morgan fingerprint density at radius 1 is 0.714 bits per heavy atom. The molecule has 149 valence electrons. The van der Waals surface area contributed by atoms with Crippen LogP contribution in [0.4, 0.5) is 0 Å². The Balaban J connectivity index is 0.00000392. The molecule has 0 saturated heterocycles. The molecule has 0 aliphatic heterocycles. The number of nitrogens with zero attached hydrogens (tertiary/aromatic N) is 2. The number of hydrogen-bond acceptors (Lipinski definition) is 2. The van der Waals surface area contributed by atoms with E-state index < -0.39 is 37.5 Å². The van der Waals surface area contributed by atoms with E-state index in [1.54, 1.807) is 0 Å². The van der Waals surface area contributed by atoms with Crippen LogP contribution in [0.15, 0.2) is 60.7 Å². The SMILES string of the molecule is CCCC(=O)[N](Cc1ccccc1)[Nd+][N](Cc1ccccc1)C(=O)CCC.[F-]. The van der Waals surface area contributed by atoms with Crippen molar-refractivity contribution in [2.24, 2.45) is 0 Å². The van der Waals surface area contributed by atoms with Gasteiger partial charge in [0.05, 0.1) is 0 Å². The minimum Gasteiger partial charge on any atom is -1.00 e. The van der Waals surface area contributed by atoms with Gasteiger partial charge in [0.15, 0.2) is 0 Å². The second-order valence-electron chi connectivity index (χ2n) is 6.53. The molecule has 0 radical (unpaired) electrons. The molecule has 0 heterocycles. The average Bonchev–Trinajstić information content (AvgIpc) is 2.69. The molecule has 28 heavy (non-hydrogen) atoms. The van der Waals surface area contributed by atoms with Crippen LogP contribution in [0, 0.1) is 37.5 Å². The summed E-state index contributed by atoms with van der Waals surface area (Å²) in [6.07, 6.45) is 2.74. The van der Waals surface area contributed by atoms with E-state index in [9.17, 15) is 9.59 Å². The summed E-state index contributed by atoms with van der Waals surface area (Å²) < 4.78 is 3.99. The first-order chi connectivity index (χ1) is 13.1. The fourth-order valence-electron chi connectivity index (χ4n) is 2.73. The quantitative estimate of drug-likeness (QED) is 0.482. The van der Waals surface area contributed by atoms with Crippen LogP contribution in [0.1, 0.15) is 50.7 Å². The third kappa shape index (κ3) is 8.35. The van der Waals surface area contributed by atoms with Crippen molar-refractivity contribution in [1.82, 2.24) is 1.97 Å². The molecule has 0 spiro atoms. The van der Waals surface area contributed by atoms with Crippen molar-refractivity contribution >= 4 is 11.8 Å². The van der Waals surface area contributed by atoms with Gasteiger partial charge in [0, 0.05) is 0 Å². The predicted molar refractivity (Wildman–Crippen MR) is 104 cm³/mol. The van der Waals surface area contributed by atoms with Gasteiger partial charge >= 0.3 is 185 Å². The van der Waals surface area contributed by atoms with E-state index in [1.165, 1.54) is 0 Å². The Morgan fingerprint density at radius 3 is 1.39 bits per heavy atom. The summed E-state index contributed by atoms with van der Waals surface area (Å²) in [5.41, 5.74) is 2.24. The van der Waals surface area contributed by atoms with Gasteiger partial charge in [0.1, 0.15) is 0 Å². The van der Waals surface area contributed by atoms with Gasteiger partial charge < -0.3 is 4.70 Å². The molecule has 0 N–H and O–H groups in total. The van der Waals surface area contributed by atoms with Gasteiger partial charge in [0.25, 0.3) is 0 Å². The van der Waals surface area contributed by atoms with Crippen LogP contribution in [0.2, 0.25) is 0 Å². The van der Waals surface area contributed by atoms with Crippen LogP contribution >= 0.6 is 0 Å². The van der Waals surface area contributed by atoms with Crippen molar-refractivity contribution in [2.75, 3.05) is 0 Å². The van der Waals surface area contributed by atoms with E-state index in [0.717, 1.165) is 24.0 Å². The molecule has 6 heteroatoms. The molecule has 2 amide bonds. The normalized spacial score (nSPS) is 9.79. The van der Waals surface area contributed by atoms with Gasteiger partial charge in [-0.3, -0.25) is 0 Å². The number of amides is 2. The molecule has 4 nitrogen and oxygen atoms in total. The molecule has 0 fully saturated rings. The van der Waals surface area contributed by atoms with Gasteiger partial charge in [-0.1, -0.05) is 0 Å². The maximum atomic E-state index is 12.8. The minimum absolute atomic E-state index is 0. The van der Waals surface area contributed by atoms with Crippen LogP contribution in [0.3, 0.4) is 0 Å². The molecular weight excluding hydrogens is 487 g/mol. The van der Waals surface area contributed by atoms with E-state index in [-0.39, 0.29) is 16.5 Å². The topological polar surface area (TPSA) is 40.6 Å². The molecular formula is C22H28FN2NdO2. The summed E-state index contributed by atoms with van der Waals surface area (Å²) in [5.74, 6) is 0.346. The summed E-state index contributed by atoms with van der Waals surface area (Å²) in [4.78, 5) is 25.5. The van der Waals surface area contributed by atoms with E-state index in [1.807, 2.05) is 76.5 Å². The Hall–Kier alpha value is -1.34. The molecule has 0 unspecified atom stereocenters. The molecule has 2 aromatic rings. The van der Waals surface area contributed by atoms with Crippen LogP contribution in [0.5, 0.6) is 0 Å². The van der Waals surface area contributed by atoms with Gasteiger partial charge in [-0.05, 0) is 0 Å². The van der Waals surface area contributed by atoms with Crippen molar-refractivity contribution in [2.45, 2.75) is 52.6 Å². The summed E-state index contributed by atoms with van der Waals surface area (Å²) in [5, 5.41) is 0. The van der Waals surface area contributed by atoms with Gasteiger partial charge in [-0.2, -0.15) is 0 Å². The molecule has 0 aromatic heterocycles. The summed E-state index contributed by atoms with van der Waals surface area (Å²) in [6, 6.07) is 20.1. The second kappa shape index (κ2) is 13.8. The van der Waals surface area contributed by atoms with Crippen molar-refractivity contribution in [1.29, 1.82) is 0 Å². The van der Waals surface area contributed by atoms with E-state index >= 15 is 0 Å². The maximum Gasteiger partial charge on any atom is -1.00 e. The third-order valence-corrected chi connectivity index (χ3v) is 8.30. The van der Waals surface area contributed by atoms with Crippen LogP contribution in [-0.4, -0.2) is 13.8 Å². The average molecular weight is 516 g/mol. The molecule has 2 rings (SSSR count). The number of benzene rings is 2. The van der Waals surface area contributed by atoms with E-state index in [2.05, 4.69) is 0 Å². The first-order valence-electron chi connectivity index (χ1n) is 9.58. The number of rotatable bonds is 10. The Morgan fingerprint density at radius 2 is 1.07 bits per heavy atom. The van der Waals surface area contributed by atoms with Crippen LogP contribution in [-0.2, 0) is 22.7 Å². The smallest absolute Gasteiger partial charge is 1.00 e. The van der Waals surface area contributed by atoms with E-state index in [4.69, 9.17) is 0 Å². The maximum absolute atomic E-state index is 12.8. The molecule has 0 bridgehead atoms. The molecule has 0 aliphatic carbocycles. The Bertz CT molecular complexity index is 651. The number of carbonyl (C=O) groups excluding carboxylic acids is 2. The second-order valence-corrected chi connectivity index (χ2v) is 10.6. The minimum atomic E-state index is -1.83. The Kier molecular flexibility index (Phi) is 12.1. The monoisotopic (exact) mass is 513 g/mol. The molecule has 0 atom stereocenters. The van der Waals surface area contributed by atoms with Crippen molar-refractivity contribution in [3.05, 3.63) is 71.8 Å².